The lowest BCUT2D eigenvalue weighted by Gasteiger charge is -2.05. The first kappa shape index (κ1) is 9.65. The summed E-state index contributed by atoms with van der Waals surface area (Å²) in [4.78, 5) is 0. The molecular weight excluding hydrogens is 150 g/mol. The van der Waals surface area contributed by atoms with Crippen molar-refractivity contribution in [3.05, 3.63) is 12.7 Å². The summed E-state index contributed by atoms with van der Waals surface area (Å²) in [7, 11) is -3.32. The molecule has 10 heavy (non-hydrogen) atoms. The van der Waals surface area contributed by atoms with Gasteiger partial charge < -0.3 is 0 Å². The van der Waals surface area contributed by atoms with Gasteiger partial charge in [-0.25, -0.2) is 13.6 Å². The third kappa shape index (κ3) is 3.63. The summed E-state index contributed by atoms with van der Waals surface area (Å²) in [6.45, 7) is 5.08. The first-order valence-electron chi connectivity index (χ1n) is 3.11. The Morgan fingerprint density at radius 1 is 1.70 bits per heavy atom. The lowest BCUT2D eigenvalue weighted by Crippen LogP contribution is -2.25. The Balaban J connectivity index is 3.86. The monoisotopic (exact) mass is 163 g/mol. The second kappa shape index (κ2) is 3.73. The molecule has 2 N–H and O–H groups in total. The van der Waals surface area contributed by atoms with Gasteiger partial charge in [0, 0.05) is 0 Å². The van der Waals surface area contributed by atoms with Crippen LogP contribution in [0.4, 0.5) is 0 Å². The maximum Gasteiger partial charge on any atom is 0.211 e. The van der Waals surface area contributed by atoms with E-state index in [2.05, 4.69) is 6.58 Å². The summed E-state index contributed by atoms with van der Waals surface area (Å²) in [5, 5.41) is 4.40. The third-order valence-electron chi connectivity index (χ3n) is 1.34. The molecule has 0 unspecified atom stereocenters. The van der Waals surface area contributed by atoms with Crippen molar-refractivity contribution < 1.29 is 8.42 Å². The summed E-state index contributed by atoms with van der Waals surface area (Å²) < 4.78 is 21.2. The second-order valence-corrected chi connectivity index (χ2v) is 4.25. The summed E-state index contributed by atoms with van der Waals surface area (Å²) in [6.07, 6.45) is 2.93. The van der Waals surface area contributed by atoms with Crippen molar-refractivity contribution in [3.8, 4) is 0 Å². The number of nitrogens with two attached hydrogens (primary N) is 1. The van der Waals surface area contributed by atoms with Crippen LogP contribution in [0.1, 0.15) is 19.8 Å². The zero-order valence-electron chi connectivity index (χ0n) is 6.08. The predicted molar refractivity (Wildman–Crippen MR) is 42.0 cm³/mol. The van der Waals surface area contributed by atoms with Crippen molar-refractivity contribution in [2.24, 2.45) is 5.14 Å². The summed E-state index contributed by atoms with van der Waals surface area (Å²) in [6, 6.07) is 0. The molecule has 0 aromatic heterocycles. The summed E-state index contributed by atoms with van der Waals surface area (Å²) in [5.41, 5.74) is 0. The molecule has 0 aromatic carbocycles. The highest BCUT2D eigenvalue weighted by molar-refractivity contribution is 7.89. The normalized spacial score (nSPS) is 14.6. The van der Waals surface area contributed by atoms with E-state index < -0.39 is 15.3 Å². The molecule has 0 rings (SSSR count). The van der Waals surface area contributed by atoms with Gasteiger partial charge in [0.05, 0.1) is 5.25 Å². The van der Waals surface area contributed by atoms with Crippen molar-refractivity contribution in [3.63, 3.8) is 0 Å². The number of allylic oxidation sites excluding steroid dienone is 1. The lowest BCUT2D eigenvalue weighted by atomic mass is 10.2. The van der Waals surface area contributed by atoms with E-state index in [1.165, 1.54) is 0 Å². The Bertz CT molecular complexity index is 196. The average Bonchev–Trinajstić information content (AvgIpc) is 1.80. The fourth-order valence-corrected chi connectivity index (χ4v) is 0.981. The summed E-state index contributed by atoms with van der Waals surface area (Å²) in [5.74, 6) is 0. The molecule has 3 nitrogen and oxygen atoms in total. The first-order chi connectivity index (χ1) is 4.48. The number of hydrogen-bond acceptors (Lipinski definition) is 2. The molecule has 0 aromatic rings. The zero-order chi connectivity index (χ0) is 8.20. The maximum absolute atomic E-state index is 10.6. The van der Waals surface area contributed by atoms with Crippen LogP contribution in [-0.2, 0) is 10.0 Å². The van der Waals surface area contributed by atoms with E-state index in [1.807, 2.05) is 0 Å². The molecule has 60 valence electrons. The molecule has 0 aliphatic carbocycles. The largest absolute Gasteiger partial charge is 0.228 e. The molecule has 4 heteroatoms. The SMILES string of the molecule is C=CCC[C@H](C)S(N)(=O)=O. The highest BCUT2D eigenvalue weighted by Gasteiger charge is 2.13. The van der Waals surface area contributed by atoms with Gasteiger partial charge in [-0.3, -0.25) is 0 Å². The number of rotatable bonds is 4. The van der Waals surface area contributed by atoms with Crippen LogP contribution in [-0.4, -0.2) is 13.7 Å². The van der Waals surface area contributed by atoms with Crippen molar-refractivity contribution >= 4 is 10.0 Å². The minimum absolute atomic E-state index is 0.453. The highest BCUT2D eigenvalue weighted by Crippen LogP contribution is 2.03. The molecular formula is C6H13NO2S. The minimum Gasteiger partial charge on any atom is -0.228 e. The molecule has 1 atom stereocenters. The molecule has 0 spiro atoms. The molecule has 0 fully saturated rings. The quantitative estimate of drug-likeness (QED) is 0.618. The van der Waals surface area contributed by atoms with Crippen LogP contribution in [0.2, 0.25) is 0 Å². The molecule has 0 amide bonds. The first-order valence-corrected chi connectivity index (χ1v) is 4.72. The van der Waals surface area contributed by atoms with Crippen LogP contribution < -0.4 is 5.14 Å². The second-order valence-electron chi connectivity index (χ2n) is 2.27. The van der Waals surface area contributed by atoms with Crippen LogP contribution in [0.15, 0.2) is 12.7 Å². The van der Waals surface area contributed by atoms with E-state index in [-0.39, 0.29) is 0 Å². The van der Waals surface area contributed by atoms with E-state index in [0.29, 0.717) is 12.8 Å². The molecule has 0 saturated heterocycles. The molecule has 0 radical (unpaired) electrons. The van der Waals surface area contributed by atoms with E-state index in [4.69, 9.17) is 5.14 Å². The maximum atomic E-state index is 10.6. The van der Waals surface area contributed by atoms with Crippen LogP contribution >= 0.6 is 0 Å². The average molecular weight is 163 g/mol. The van der Waals surface area contributed by atoms with Gasteiger partial charge in [0.1, 0.15) is 0 Å². The number of primary sulfonamides is 1. The molecule has 0 bridgehead atoms. The predicted octanol–water partition coefficient (Wildman–Crippen LogP) is 0.630. The number of hydrogen-bond donors (Lipinski definition) is 1. The van der Waals surface area contributed by atoms with Gasteiger partial charge in [0.25, 0.3) is 0 Å². The topological polar surface area (TPSA) is 60.2 Å². The Kier molecular flexibility index (Phi) is 3.60. The minimum atomic E-state index is -3.32. The van der Waals surface area contributed by atoms with Crippen LogP contribution in [0.25, 0.3) is 0 Å². The van der Waals surface area contributed by atoms with Crippen molar-refractivity contribution in [1.29, 1.82) is 0 Å². The van der Waals surface area contributed by atoms with Gasteiger partial charge in [-0.15, -0.1) is 6.58 Å². The smallest absolute Gasteiger partial charge is 0.211 e. The zero-order valence-corrected chi connectivity index (χ0v) is 6.89. The van der Waals surface area contributed by atoms with Gasteiger partial charge in [-0.05, 0) is 19.8 Å². The van der Waals surface area contributed by atoms with Crippen LogP contribution in [0.5, 0.6) is 0 Å². The Morgan fingerprint density at radius 2 is 2.20 bits per heavy atom. The van der Waals surface area contributed by atoms with Gasteiger partial charge in [-0.1, -0.05) is 6.08 Å². The van der Waals surface area contributed by atoms with Gasteiger partial charge in [0.2, 0.25) is 10.0 Å². The van der Waals surface area contributed by atoms with Gasteiger partial charge in [0.15, 0.2) is 0 Å². The van der Waals surface area contributed by atoms with E-state index in [9.17, 15) is 8.42 Å². The van der Waals surface area contributed by atoms with Gasteiger partial charge in [-0.2, -0.15) is 0 Å². The summed E-state index contributed by atoms with van der Waals surface area (Å²) >= 11 is 0. The van der Waals surface area contributed by atoms with Crippen molar-refractivity contribution in [2.75, 3.05) is 0 Å². The van der Waals surface area contributed by atoms with E-state index in [1.54, 1.807) is 13.0 Å². The van der Waals surface area contributed by atoms with Crippen LogP contribution in [0.3, 0.4) is 0 Å². The number of sulfonamides is 1. The van der Waals surface area contributed by atoms with Gasteiger partial charge >= 0.3 is 0 Å². The third-order valence-corrected chi connectivity index (χ3v) is 2.70. The van der Waals surface area contributed by atoms with Crippen LogP contribution in [0, 0.1) is 0 Å². The molecule has 0 aliphatic rings. The van der Waals surface area contributed by atoms with E-state index in [0.717, 1.165) is 0 Å². The van der Waals surface area contributed by atoms with Crippen molar-refractivity contribution in [2.45, 2.75) is 25.0 Å². The molecule has 0 heterocycles. The molecule has 0 aliphatic heterocycles. The fraction of sp³-hybridized carbons (Fsp3) is 0.667. The van der Waals surface area contributed by atoms with E-state index >= 15 is 0 Å². The lowest BCUT2D eigenvalue weighted by molar-refractivity contribution is 0.580. The Labute approximate surface area is 62.0 Å². The fourth-order valence-electron chi connectivity index (χ4n) is 0.517. The van der Waals surface area contributed by atoms with Crippen molar-refractivity contribution in [1.82, 2.24) is 0 Å². The standard InChI is InChI=1S/C6H13NO2S/c1-3-4-5-6(2)10(7,8)9/h3,6H,1,4-5H2,2H3,(H2,7,8,9)/t6-/m0/s1. The Hall–Kier alpha value is -0.350. The Morgan fingerprint density at radius 3 is 2.50 bits per heavy atom. The highest BCUT2D eigenvalue weighted by atomic mass is 32.2. The molecule has 0 saturated carbocycles.